The summed E-state index contributed by atoms with van der Waals surface area (Å²) in [5.74, 6) is 0.989. The van der Waals surface area contributed by atoms with Gasteiger partial charge in [-0.3, -0.25) is 9.80 Å². The Morgan fingerprint density at radius 1 is 0.586 bits per heavy atom. The van der Waals surface area contributed by atoms with Crippen LogP contribution in [-0.2, 0) is 0 Å². The number of hydrogen-bond donors (Lipinski definition) is 0. The third-order valence-electron chi connectivity index (χ3n) is 7.73. The Morgan fingerprint density at radius 2 is 1.14 bits per heavy atom. The van der Waals surface area contributed by atoms with Gasteiger partial charge >= 0.3 is 0 Å². The Balaban J connectivity index is 0.000000212. The molecule has 0 aromatic rings. The number of nitrogens with zero attached hydrogens (tertiary/aromatic N) is 2. The van der Waals surface area contributed by atoms with Crippen LogP contribution in [0.3, 0.4) is 0 Å². The number of rotatable bonds is 0. The van der Waals surface area contributed by atoms with Crippen LogP contribution in [0.5, 0.6) is 0 Å². The highest BCUT2D eigenvalue weighted by molar-refractivity contribution is 5.05. The zero-order chi connectivity index (χ0) is 22.4. The van der Waals surface area contributed by atoms with Crippen molar-refractivity contribution < 1.29 is 0 Å². The molecule has 3 fully saturated rings. The molecule has 29 heavy (non-hydrogen) atoms. The Hall–Kier alpha value is -0.0800. The normalized spacial score (nSPS) is 32.3. The van der Waals surface area contributed by atoms with Crippen LogP contribution in [0.4, 0.5) is 0 Å². The average molecular weight is 407 g/mol. The fourth-order valence-electron chi connectivity index (χ4n) is 6.50. The van der Waals surface area contributed by atoms with E-state index in [1.165, 1.54) is 45.1 Å². The van der Waals surface area contributed by atoms with Crippen LogP contribution in [-0.4, -0.2) is 45.5 Å². The van der Waals surface area contributed by atoms with Crippen molar-refractivity contribution in [2.75, 3.05) is 6.54 Å². The Bertz CT molecular complexity index is 503. The van der Waals surface area contributed by atoms with Crippen molar-refractivity contribution in [3.8, 4) is 0 Å². The average Bonchev–Trinajstić information content (AvgIpc) is 3.19. The molecule has 4 atom stereocenters. The minimum absolute atomic E-state index is 0.335. The van der Waals surface area contributed by atoms with Gasteiger partial charge in [0.2, 0.25) is 0 Å². The second kappa shape index (κ2) is 8.45. The van der Waals surface area contributed by atoms with Gasteiger partial charge in [-0.25, -0.2) is 0 Å². The Kier molecular flexibility index (Phi) is 7.34. The summed E-state index contributed by atoms with van der Waals surface area (Å²) in [5.41, 5.74) is 1.54. The molecule has 0 aromatic heterocycles. The van der Waals surface area contributed by atoms with Gasteiger partial charge in [-0.1, -0.05) is 48.0 Å². The first-order valence-electron chi connectivity index (χ1n) is 12.5. The van der Waals surface area contributed by atoms with Crippen LogP contribution in [0, 0.1) is 16.7 Å². The van der Waals surface area contributed by atoms with E-state index in [-0.39, 0.29) is 0 Å². The standard InChI is InChI=1S/C15H29N.C12H25N/c1-14(2,3)13-10-11-8-7-9-12(11)16(13)15(4,5)6;1-11(2,3)10-8-7-9-13(10)12(4,5)6/h11-13H,7-10H2,1-6H3;10H,7-9H2,1-6H3. The topological polar surface area (TPSA) is 6.48 Å². The van der Waals surface area contributed by atoms with E-state index in [0.29, 0.717) is 21.9 Å². The van der Waals surface area contributed by atoms with Gasteiger partial charge in [0.15, 0.2) is 0 Å². The lowest BCUT2D eigenvalue weighted by atomic mass is 9.82. The summed E-state index contributed by atoms with van der Waals surface area (Å²) in [6, 6.07) is 2.43. The highest BCUT2D eigenvalue weighted by atomic mass is 15.3. The predicted octanol–water partition coefficient (Wildman–Crippen LogP) is 7.37. The van der Waals surface area contributed by atoms with Crippen molar-refractivity contribution in [2.45, 2.75) is 151 Å². The monoisotopic (exact) mass is 406 g/mol. The summed E-state index contributed by atoms with van der Waals surface area (Å²) in [5, 5.41) is 0. The zero-order valence-electron chi connectivity index (χ0n) is 22.2. The fourth-order valence-corrected chi connectivity index (χ4v) is 6.50. The smallest absolute Gasteiger partial charge is 0.0155 e. The van der Waals surface area contributed by atoms with E-state index in [1.54, 1.807) is 0 Å². The van der Waals surface area contributed by atoms with Gasteiger partial charge in [0.05, 0.1) is 0 Å². The molecule has 172 valence electrons. The van der Waals surface area contributed by atoms with E-state index in [1.807, 2.05) is 0 Å². The Labute approximate surface area is 184 Å². The van der Waals surface area contributed by atoms with Crippen LogP contribution in [0.1, 0.15) is 122 Å². The minimum atomic E-state index is 0.335. The summed E-state index contributed by atoms with van der Waals surface area (Å²) in [6.45, 7) is 29.8. The molecule has 0 aromatic carbocycles. The van der Waals surface area contributed by atoms with Crippen molar-refractivity contribution >= 4 is 0 Å². The van der Waals surface area contributed by atoms with Gasteiger partial charge in [-0.05, 0) is 96.9 Å². The van der Waals surface area contributed by atoms with E-state index < -0.39 is 0 Å². The van der Waals surface area contributed by atoms with Crippen molar-refractivity contribution in [3.63, 3.8) is 0 Å². The van der Waals surface area contributed by atoms with E-state index in [0.717, 1.165) is 24.0 Å². The van der Waals surface area contributed by atoms with Crippen LogP contribution in [0.15, 0.2) is 0 Å². The maximum atomic E-state index is 2.85. The second-order valence-electron chi connectivity index (χ2n) is 14.3. The highest BCUT2D eigenvalue weighted by Crippen LogP contribution is 2.49. The van der Waals surface area contributed by atoms with Crippen molar-refractivity contribution in [3.05, 3.63) is 0 Å². The lowest BCUT2D eigenvalue weighted by molar-refractivity contribution is 0.0238. The summed E-state index contributed by atoms with van der Waals surface area (Å²) in [6.07, 6.45) is 8.56. The van der Waals surface area contributed by atoms with Gasteiger partial charge < -0.3 is 0 Å². The largest absolute Gasteiger partial charge is 0.295 e. The van der Waals surface area contributed by atoms with Gasteiger partial charge in [0.25, 0.3) is 0 Å². The fraction of sp³-hybridized carbons (Fsp3) is 1.00. The van der Waals surface area contributed by atoms with Crippen molar-refractivity contribution in [1.82, 2.24) is 9.80 Å². The molecular formula is C27H54N2. The maximum Gasteiger partial charge on any atom is 0.0155 e. The Morgan fingerprint density at radius 3 is 1.55 bits per heavy atom. The molecule has 1 aliphatic carbocycles. The zero-order valence-corrected chi connectivity index (χ0v) is 22.2. The molecule has 0 radical (unpaired) electrons. The summed E-state index contributed by atoms with van der Waals surface area (Å²) in [7, 11) is 0. The SMILES string of the molecule is CC(C)(C)C1CC2CCCC2N1C(C)(C)C.CC(C)(C)C1CCCN1C(C)(C)C. The molecule has 0 amide bonds. The van der Waals surface area contributed by atoms with E-state index in [4.69, 9.17) is 0 Å². The van der Waals surface area contributed by atoms with Crippen molar-refractivity contribution in [1.29, 1.82) is 0 Å². The summed E-state index contributed by atoms with van der Waals surface area (Å²) >= 11 is 0. The molecule has 2 aliphatic heterocycles. The number of fused-ring (bicyclic) bond motifs is 1. The van der Waals surface area contributed by atoms with Gasteiger partial charge in [-0.15, -0.1) is 0 Å². The lowest BCUT2D eigenvalue weighted by Crippen LogP contribution is -2.53. The molecule has 4 unspecified atom stereocenters. The summed E-state index contributed by atoms with van der Waals surface area (Å²) in [4.78, 5) is 5.53. The molecule has 2 nitrogen and oxygen atoms in total. The molecule has 0 bridgehead atoms. The number of hydrogen-bond acceptors (Lipinski definition) is 2. The number of likely N-dealkylation sites (tertiary alicyclic amines) is 2. The first kappa shape index (κ1) is 25.2. The molecular weight excluding hydrogens is 352 g/mol. The second-order valence-corrected chi connectivity index (χ2v) is 14.3. The van der Waals surface area contributed by atoms with E-state index in [2.05, 4.69) is 92.9 Å². The third kappa shape index (κ3) is 6.00. The van der Waals surface area contributed by atoms with Crippen LogP contribution in [0.2, 0.25) is 0 Å². The first-order chi connectivity index (χ1) is 12.9. The van der Waals surface area contributed by atoms with Crippen LogP contribution in [0.25, 0.3) is 0 Å². The van der Waals surface area contributed by atoms with Gasteiger partial charge in [0.1, 0.15) is 0 Å². The molecule has 2 heteroatoms. The molecule has 0 N–H and O–H groups in total. The third-order valence-corrected chi connectivity index (χ3v) is 7.73. The van der Waals surface area contributed by atoms with Gasteiger partial charge in [-0.2, -0.15) is 0 Å². The maximum absolute atomic E-state index is 2.85. The molecule has 0 spiro atoms. The quantitative estimate of drug-likeness (QED) is 0.414. The first-order valence-corrected chi connectivity index (χ1v) is 12.5. The summed E-state index contributed by atoms with van der Waals surface area (Å²) < 4.78 is 0. The van der Waals surface area contributed by atoms with E-state index in [9.17, 15) is 0 Å². The van der Waals surface area contributed by atoms with Crippen molar-refractivity contribution in [2.24, 2.45) is 16.7 Å². The minimum Gasteiger partial charge on any atom is -0.295 e. The molecule has 1 saturated carbocycles. The lowest BCUT2D eigenvalue weighted by Gasteiger charge is -2.46. The van der Waals surface area contributed by atoms with E-state index >= 15 is 0 Å². The highest BCUT2D eigenvalue weighted by Gasteiger charge is 2.50. The van der Waals surface area contributed by atoms with Gasteiger partial charge in [0, 0.05) is 29.2 Å². The molecule has 3 aliphatic rings. The molecule has 2 saturated heterocycles. The molecule has 2 heterocycles. The van der Waals surface area contributed by atoms with Crippen LogP contribution >= 0.6 is 0 Å². The van der Waals surface area contributed by atoms with Crippen LogP contribution < -0.4 is 0 Å². The predicted molar refractivity (Wildman–Crippen MR) is 130 cm³/mol. The molecule has 3 rings (SSSR count).